The van der Waals surface area contributed by atoms with E-state index >= 15 is 0 Å². The molecule has 0 N–H and O–H groups in total. The minimum Gasteiger partial charge on any atom is -0.258 e. The van der Waals surface area contributed by atoms with Crippen molar-refractivity contribution in [2.75, 3.05) is 0 Å². The summed E-state index contributed by atoms with van der Waals surface area (Å²) in [6, 6.07) is 6.36. The van der Waals surface area contributed by atoms with Gasteiger partial charge in [0.05, 0.1) is 15.1 Å². The van der Waals surface area contributed by atoms with Crippen molar-refractivity contribution in [3.8, 4) is 11.1 Å². The maximum Gasteiger partial charge on any atom is 0.269 e. The average Bonchev–Trinajstić information content (AvgIpc) is 2.84. The molecule has 2 aromatic heterocycles. The van der Waals surface area contributed by atoms with Gasteiger partial charge in [0.15, 0.2) is 0 Å². The lowest BCUT2D eigenvalue weighted by atomic mass is 10.1. The van der Waals surface area contributed by atoms with Crippen LogP contribution in [0.1, 0.15) is 0 Å². The number of hydrogen-bond acceptors (Lipinski definition) is 5. The smallest absolute Gasteiger partial charge is 0.258 e. The standard InChI is InChI=1S/C12H6ClN3O2S/c13-12-11-10(14-6-15-12)9(5-19-11)7-1-3-8(4-2-7)16(17)18/h1-6H. The number of benzene rings is 1. The molecule has 0 spiro atoms. The van der Waals surface area contributed by atoms with Crippen LogP contribution in [0, 0.1) is 10.1 Å². The molecule has 0 fully saturated rings. The normalized spacial score (nSPS) is 10.8. The summed E-state index contributed by atoms with van der Waals surface area (Å²) < 4.78 is 0.817. The van der Waals surface area contributed by atoms with Crippen molar-refractivity contribution >= 4 is 38.8 Å². The third kappa shape index (κ3) is 2.05. The number of fused-ring (bicyclic) bond motifs is 1. The first-order valence-corrected chi connectivity index (χ1v) is 6.55. The lowest BCUT2D eigenvalue weighted by molar-refractivity contribution is -0.384. The summed E-state index contributed by atoms with van der Waals surface area (Å²) in [4.78, 5) is 18.3. The zero-order valence-corrected chi connectivity index (χ0v) is 11.0. The van der Waals surface area contributed by atoms with E-state index in [0.29, 0.717) is 5.15 Å². The average molecular weight is 292 g/mol. The topological polar surface area (TPSA) is 68.9 Å². The highest BCUT2D eigenvalue weighted by molar-refractivity contribution is 7.18. The van der Waals surface area contributed by atoms with Crippen LogP contribution in [0.5, 0.6) is 0 Å². The van der Waals surface area contributed by atoms with Crippen LogP contribution in [0.4, 0.5) is 5.69 Å². The summed E-state index contributed by atoms with van der Waals surface area (Å²) in [6.07, 6.45) is 1.41. The van der Waals surface area contributed by atoms with Gasteiger partial charge < -0.3 is 0 Å². The molecular weight excluding hydrogens is 286 g/mol. The molecule has 0 amide bonds. The fraction of sp³-hybridized carbons (Fsp3) is 0. The van der Waals surface area contributed by atoms with Crippen molar-refractivity contribution in [1.29, 1.82) is 0 Å². The van der Waals surface area contributed by atoms with E-state index in [2.05, 4.69) is 9.97 Å². The van der Waals surface area contributed by atoms with Gasteiger partial charge in [0.1, 0.15) is 11.5 Å². The Morgan fingerprint density at radius 2 is 1.95 bits per heavy atom. The monoisotopic (exact) mass is 291 g/mol. The number of aromatic nitrogens is 2. The lowest BCUT2D eigenvalue weighted by Crippen LogP contribution is -1.87. The molecule has 0 radical (unpaired) electrons. The van der Waals surface area contributed by atoms with E-state index in [1.54, 1.807) is 12.1 Å². The summed E-state index contributed by atoms with van der Waals surface area (Å²) >= 11 is 7.45. The van der Waals surface area contributed by atoms with Gasteiger partial charge in [0.25, 0.3) is 5.69 Å². The van der Waals surface area contributed by atoms with Crippen molar-refractivity contribution < 1.29 is 4.92 Å². The molecule has 0 atom stereocenters. The molecule has 0 saturated heterocycles. The molecule has 19 heavy (non-hydrogen) atoms. The van der Waals surface area contributed by atoms with Gasteiger partial charge in [0.2, 0.25) is 0 Å². The summed E-state index contributed by atoms with van der Waals surface area (Å²) in [7, 11) is 0. The first-order chi connectivity index (χ1) is 9.16. The van der Waals surface area contributed by atoms with E-state index in [1.807, 2.05) is 5.38 Å². The second kappa shape index (κ2) is 4.56. The van der Waals surface area contributed by atoms with E-state index in [9.17, 15) is 10.1 Å². The number of thiophene rings is 1. The van der Waals surface area contributed by atoms with Crippen LogP contribution < -0.4 is 0 Å². The quantitative estimate of drug-likeness (QED) is 0.408. The summed E-state index contributed by atoms with van der Waals surface area (Å²) in [5.74, 6) is 0. The predicted molar refractivity (Wildman–Crippen MR) is 74.5 cm³/mol. The van der Waals surface area contributed by atoms with Crippen LogP contribution in [0.3, 0.4) is 0 Å². The molecule has 94 valence electrons. The first-order valence-electron chi connectivity index (χ1n) is 5.29. The Morgan fingerprint density at radius 3 is 2.63 bits per heavy atom. The highest BCUT2D eigenvalue weighted by atomic mass is 35.5. The van der Waals surface area contributed by atoms with Crippen LogP contribution in [-0.4, -0.2) is 14.9 Å². The van der Waals surface area contributed by atoms with Crippen molar-refractivity contribution in [2.45, 2.75) is 0 Å². The molecule has 1 aromatic carbocycles. The number of rotatable bonds is 2. The highest BCUT2D eigenvalue weighted by Gasteiger charge is 2.12. The van der Waals surface area contributed by atoms with Crippen molar-refractivity contribution in [3.63, 3.8) is 0 Å². The molecule has 0 unspecified atom stereocenters. The van der Waals surface area contributed by atoms with Crippen molar-refractivity contribution in [2.24, 2.45) is 0 Å². The van der Waals surface area contributed by atoms with Gasteiger partial charge in [-0.2, -0.15) is 0 Å². The summed E-state index contributed by atoms with van der Waals surface area (Å²) in [5, 5.41) is 13.0. The van der Waals surface area contributed by atoms with Gasteiger partial charge in [0, 0.05) is 23.1 Å². The maximum atomic E-state index is 10.6. The lowest BCUT2D eigenvalue weighted by Gasteiger charge is -1.99. The molecule has 7 heteroatoms. The highest BCUT2D eigenvalue weighted by Crippen LogP contribution is 2.35. The van der Waals surface area contributed by atoms with Gasteiger partial charge in [-0.25, -0.2) is 9.97 Å². The van der Waals surface area contributed by atoms with E-state index in [0.717, 1.165) is 21.3 Å². The van der Waals surface area contributed by atoms with Gasteiger partial charge in [-0.1, -0.05) is 11.6 Å². The Morgan fingerprint density at radius 1 is 1.21 bits per heavy atom. The predicted octanol–water partition coefficient (Wildman–Crippen LogP) is 3.92. The Balaban J connectivity index is 2.14. The zero-order chi connectivity index (χ0) is 13.4. The number of hydrogen-bond donors (Lipinski definition) is 0. The number of halogens is 1. The van der Waals surface area contributed by atoms with Gasteiger partial charge >= 0.3 is 0 Å². The number of nitro groups is 1. The fourth-order valence-corrected chi connectivity index (χ4v) is 2.96. The second-order valence-corrected chi connectivity index (χ2v) is 5.03. The van der Waals surface area contributed by atoms with Crippen molar-refractivity contribution in [1.82, 2.24) is 9.97 Å². The van der Waals surface area contributed by atoms with E-state index in [4.69, 9.17) is 11.6 Å². The second-order valence-electron chi connectivity index (χ2n) is 3.80. The SMILES string of the molecule is O=[N+]([O-])c1ccc(-c2csc3c(Cl)ncnc23)cc1. The van der Waals surface area contributed by atoms with Gasteiger partial charge in [-0.15, -0.1) is 11.3 Å². The Kier molecular flexibility index (Phi) is 2.88. The third-order valence-corrected chi connectivity index (χ3v) is 4.07. The Bertz CT molecular complexity index is 770. The molecule has 0 aliphatic heterocycles. The van der Waals surface area contributed by atoms with Crippen LogP contribution in [0.15, 0.2) is 36.0 Å². The maximum absolute atomic E-state index is 10.6. The van der Waals surface area contributed by atoms with E-state index in [1.165, 1.54) is 29.8 Å². The van der Waals surface area contributed by atoms with Crippen molar-refractivity contribution in [3.05, 3.63) is 51.2 Å². The third-order valence-electron chi connectivity index (χ3n) is 2.70. The Labute approximate surface area is 116 Å². The number of nitrogens with zero attached hydrogens (tertiary/aromatic N) is 3. The van der Waals surface area contributed by atoms with E-state index < -0.39 is 4.92 Å². The van der Waals surface area contributed by atoms with Crippen LogP contribution in [-0.2, 0) is 0 Å². The van der Waals surface area contributed by atoms with Crippen LogP contribution in [0.2, 0.25) is 5.15 Å². The molecule has 0 bridgehead atoms. The summed E-state index contributed by atoms with van der Waals surface area (Å²) in [5.41, 5.74) is 2.60. The zero-order valence-electron chi connectivity index (χ0n) is 9.41. The molecule has 0 aliphatic carbocycles. The molecule has 0 aliphatic rings. The fourth-order valence-electron chi connectivity index (χ4n) is 1.79. The minimum atomic E-state index is -0.422. The largest absolute Gasteiger partial charge is 0.269 e. The Hall–Kier alpha value is -2.05. The van der Waals surface area contributed by atoms with E-state index in [-0.39, 0.29) is 5.69 Å². The van der Waals surface area contributed by atoms with Crippen LogP contribution in [0.25, 0.3) is 21.3 Å². The molecule has 5 nitrogen and oxygen atoms in total. The molecule has 3 aromatic rings. The first kappa shape index (κ1) is 12.0. The molecule has 0 saturated carbocycles. The molecular formula is C12H6ClN3O2S. The number of nitro benzene ring substituents is 1. The molecule has 3 rings (SSSR count). The molecule has 2 heterocycles. The van der Waals surface area contributed by atoms with Crippen LogP contribution >= 0.6 is 22.9 Å². The van der Waals surface area contributed by atoms with Gasteiger partial charge in [-0.05, 0) is 17.7 Å². The minimum absolute atomic E-state index is 0.0657. The summed E-state index contributed by atoms with van der Waals surface area (Å²) in [6.45, 7) is 0. The van der Waals surface area contributed by atoms with Gasteiger partial charge in [-0.3, -0.25) is 10.1 Å². The number of non-ortho nitro benzene ring substituents is 1.